The molecule has 0 heterocycles. The van der Waals surface area contributed by atoms with E-state index in [9.17, 15) is 4.79 Å². The summed E-state index contributed by atoms with van der Waals surface area (Å²) < 4.78 is 4.75. The molecule has 17 heavy (non-hydrogen) atoms. The summed E-state index contributed by atoms with van der Waals surface area (Å²) >= 11 is 11.8. The highest BCUT2D eigenvalue weighted by molar-refractivity contribution is 6.42. The topological polar surface area (TPSA) is 26.3 Å². The van der Waals surface area contributed by atoms with Gasteiger partial charge in [-0.1, -0.05) is 49.2 Å². The van der Waals surface area contributed by atoms with Crippen LogP contribution in [0.25, 0.3) is 5.57 Å². The maximum absolute atomic E-state index is 11.7. The first kappa shape index (κ1) is 14.1. The highest BCUT2D eigenvalue weighted by Crippen LogP contribution is 2.27. The van der Waals surface area contributed by atoms with Crippen molar-refractivity contribution in [1.29, 1.82) is 0 Å². The zero-order valence-corrected chi connectivity index (χ0v) is 11.5. The molecule has 0 amide bonds. The van der Waals surface area contributed by atoms with E-state index in [1.807, 2.05) is 19.9 Å². The molecule has 0 saturated carbocycles. The Labute approximate surface area is 111 Å². The standard InChI is InChI=1S/C13H14Cl2O2/c1-8(2)6-10(13(16)17-3)9-4-5-11(14)12(15)7-9/h4-8H,1-3H3/b10-6+. The molecule has 1 aromatic rings. The molecule has 0 aliphatic rings. The maximum atomic E-state index is 11.7. The maximum Gasteiger partial charge on any atom is 0.338 e. The van der Waals surface area contributed by atoms with Crippen molar-refractivity contribution in [1.82, 2.24) is 0 Å². The lowest BCUT2D eigenvalue weighted by atomic mass is 10.0. The van der Waals surface area contributed by atoms with Crippen LogP contribution >= 0.6 is 23.2 Å². The molecule has 4 heteroatoms. The van der Waals surface area contributed by atoms with Crippen molar-refractivity contribution in [3.05, 3.63) is 39.9 Å². The molecule has 0 aliphatic heterocycles. The van der Waals surface area contributed by atoms with Gasteiger partial charge in [0.05, 0.1) is 22.7 Å². The van der Waals surface area contributed by atoms with Crippen molar-refractivity contribution in [3.63, 3.8) is 0 Å². The van der Waals surface area contributed by atoms with E-state index in [1.54, 1.807) is 18.2 Å². The van der Waals surface area contributed by atoms with Crippen molar-refractivity contribution >= 4 is 34.7 Å². The van der Waals surface area contributed by atoms with E-state index in [2.05, 4.69) is 0 Å². The van der Waals surface area contributed by atoms with Crippen LogP contribution < -0.4 is 0 Å². The fraction of sp³-hybridized carbons (Fsp3) is 0.308. The first-order chi connectivity index (χ1) is 7.95. The minimum Gasteiger partial charge on any atom is -0.465 e. The monoisotopic (exact) mass is 272 g/mol. The van der Waals surface area contributed by atoms with E-state index in [-0.39, 0.29) is 11.9 Å². The quantitative estimate of drug-likeness (QED) is 0.609. The van der Waals surface area contributed by atoms with Crippen LogP contribution in [-0.2, 0) is 9.53 Å². The number of ether oxygens (including phenoxy) is 1. The van der Waals surface area contributed by atoms with Crippen LogP contribution in [0.15, 0.2) is 24.3 Å². The van der Waals surface area contributed by atoms with Gasteiger partial charge in [0, 0.05) is 0 Å². The van der Waals surface area contributed by atoms with Crippen molar-refractivity contribution in [3.8, 4) is 0 Å². The fourth-order valence-electron chi connectivity index (χ4n) is 1.39. The molecule has 0 fully saturated rings. The predicted molar refractivity (Wildman–Crippen MR) is 71.3 cm³/mol. The third-order valence-electron chi connectivity index (χ3n) is 2.14. The first-order valence-electron chi connectivity index (χ1n) is 5.21. The molecule has 0 radical (unpaired) electrons. The van der Waals surface area contributed by atoms with Crippen LogP contribution in [-0.4, -0.2) is 13.1 Å². The van der Waals surface area contributed by atoms with Gasteiger partial charge < -0.3 is 4.74 Å². The minimum absolute atomic E-state index is 0.235. The van der Waals surface area contributed by atoms with Gasteiger partial charge in [0.1, 0.15) is 0 Å². The zero-order chi connectivity index (χ0) is 13.0. The van der Waals surface area contributed by atoms with Crippen LogP contribution in [0, 0.1) is 5.92 Å². The largest absolute Gasteiger partial charge is 0.465 e. The molecular formula is C13H14Cl2O2. The van der Waals surface area contributed by atoms with Gasteiger partial charge in [-0.3, -0.25) is 0 Å². The molecule has 1 rings (SSSR count). The van der Waals surface area contributed by atoms with Crippen molar-refractivity contribution in [2.24, 2.45) is 5.92 Å². The Balaban J connectivity index is 3.22. The lowest BCUT2D eigenvalue weighted by molar-refractivity contribution is -0.133. The van der Waals surface area contributed by atoms with Crippen molar-refractivity contribution < 1.29 is 9.53 Å². The van der Waals surface area contributed by atoms with Gasteiger partial charge in [0.2, 0.25) is 0 Å². The van der Waals surface area contributed by atoms with Gasteiger partial charge in [0.15, 0.2) is 0 Å². The Morgan fingerprint density at radius 2 is 1.94 bits per heavy atom. The number of allylic oxidation sites excluding steroid dienone is 1. The minimum atomic E-state index is -0.378. The van der Waals surface area contributed by atoms with Gasteiger partial charge in [-0.2, -0.15) is 0 Å². The number of carbonyl (C=O) groups is 1. The second-order valence-electron chi connectivity index (χ2n) is 3.94. The Hall–Kier alpha value is -0.990. The number of esters is 1. The normalized spacial score (nSPS) is 11.8. The molecular weight excluding hydrogens is 259 g/mol. The van der Waals surface area contributed by atoms with E-state index in [1.165, 1.54) is 7.11 Å². The van der Waals surface area contributed by atoms with Crippen LogP contribution in [0.5, 0.6) is 0 Å². The summed E-state index contributed by atoms with van der Waals surface area (Å²) in [6, 6.07) is 5.07. The summed E-state index contributed by atoms with van der Waals surface area (Å²) in [6.45, 7) is 3.97. The third-order valence-corrected chi connectivity index (χ3v) is 2.87. The smallest absolute Gasteiger partial charge is 0.338 e. The average molecular weight is 273 g/mol. The van der Waals surface area contributed by atoms with Gasteiger partial charge in [-0.25, -0.2) is 4.79 Å². The molecule has 1 aromatic carbocycles. The summed E-state index contributed by atoms with van der Waals surface area (Å²) in [5.74, 6) is -0.143. The Kier molecular flexibility index (Phi) is 5.03. The van der Waals surface area contributed by atoms with Gasteiger partial charge in [-0.15, -0.1) is 0 Å². The second kappa shape index (κ2) is 6.08. The molecule has 92 valence electrons. The summed E-state index contributed by atoms with van der Waals surface area (Å²) in [5, 5.41) is 0.881. The molecule has 0 unspecified atom stereocenters. The molecule has 0 spiro atoms. The number of hydrogen-bond acceptors (Lipinski definition) is 2. The van der Waals surface area contributed by atoms with Crippen molar-refractivity contribution in [2.75, 3.05) is 7.11 Å². The average Bonchev–Trinajstić information content (AvgIpc) is 2.28. The number of carbonyl (C=O) groups excluding carboxylic acids is 1. The number of rotatable bonds is 3. The summed E-state index contributed by atoms with van der Waals surface area (Å²) in [4.78, 5) is 11.7. The van der Waals surface area contributed by atoms with E-state index in [4.69, 9.17) is 27.9 Å². The molecule has 0 saturated heterocycles. The van der Waals surface area contributed by atoms with Crippen LogP contribution in [0.2, 0.25) is 10.0 Å². The van der Waals surface area contributed by atoms with Crippen molar-refractivity contribution in [2.45, 2.75) is 13.8 Å². The van der Waals surface area contributed by atoms with Crippen LogP contribution in [0.4, 0.5) is 0 Å². The Morgan fingerprint density at radius 3 is 2.41 bits per heavy atom. The lowest BCUT2D eigenvalue weighted by Crippen LogP contribution is -2.05. The number of halogens is 2. The number of hydrogen-bond donors (Lipinski definition) is 0. The molecule has 0 aromatic heterocycles. The molecule has 0 atom stereocenters. The highest BCUT2D eigenvalue weighted by Gasteiger charge is 2.14. The fourth-order valence-corrected chi connectivity index (χ4v) is 1.69. The molecule has 0 aliphatic carbocycles. The predicted octanol–water partition coefficient (Wildman–Crippen LogP) is 4.21. The molecule has 0 bridgehead atoms. The molecule has 0 N–H and O–H groups in total. The zero-order valence-electron chi connectivity index (χ0n) is 9.96. The summed E-state index contributed by atoms with van der Waals surface area (Å²) in [6.07, 6.45) is 1.84. The summed E-state index contributed by atoms with van der Waals surface area (Å²) in [7, 11) is 1.36. The lowest BCUT2D eigenvalue weighted by Gasteiger charge is -2.08. The van der Waals surface area contributed by atoms with Gasteiger partial charge in [0.25, 0.3) is 0 Å². The highest BCUT2D eigenvalue weighted by atomic mass is 35.5. The Morgan fingerprint density at radius 1 is 1.29 bits per heavy atom. The van der Waals surface area contributed by atoms with Gasteiger partial charge >= 0.3 is 5.97 Å². The first-order valence-corrected chi connectivity index (χ1v) is 5.97. The number of benzene rings is 1. The van der Waals surface area contributed by atoms with E-state index in [0.717, 1.165) is 0 Å². The SMILES string of the molecule is COC(=O)/C(=C/C(C)C)c1ccc(Cl)c(Cl)c1. The van der Waals surface area contributed by atoms with Crippen LogP contribution in [0.3, 0.4) is 0 Å². The molecule has 2 nitrogen and oxygen atoms in total. The number of methoxy groups -OCH3 is 1. The third kappa shape index (κ3) is 3.76. The van der Waals surface area contributed by atoms with E-state index in [0.29, 0.717) is 21.2 Å². The second-order valence-corrected chi connectivity index (χ2v) is 4.76. The van der Waals surface area contributed by atoms with E-state index < -0.39 is 0 Å². The van der Waals surface area contributed by atoms with Crippen LogP contribution in [0.1, 0.15) is 19.4 Å². The Bertz CT molecular complexity index is 451. The summed E-state index contributed by atoms with van der Waals surface area (Å²) in [5.41, 5.74) is 1.21. The van der Waals surface area contributed by atoms with E-state index >= 15 is 0 Å². The van der Waals surface area contributed by atoms with Gasteiger partial charge in [-0.05, 0) is 23.6 Å².